The molecule has 10 heteroatoms. The van der Waals surface area contributed by atoms with Gasteiger partial charge in [0.1, 0.15) is 4.90 Å². The molecule has 0 spiro atoms. The molecule has 1 fully saturated rings. The molecule has 27 heavy (non-hydrogen) atoms. The molecule has 3 heterocycles. The minimum Gasteiger partial charge on any atom is -0.376 e. The summed E-state index contributed by atoms with van der Waals surface area (Å²) >= 11 is 0. The Morgan fingerprint density at radius 1 is 1.15 bits per heavy atom. The number of aromatic nitrogens is 4. The Morgan fingerprint density at radius 3 is 2.37 bits per heavy atom. The van der Waals surface area contributed by atoms with Gasteiger partial charge in [-0.25, -0.2) is 8.42 Å². The van der Waals surface area contributed by atoms with Crippen LogP contribution in [0.5, 0.6) is 0 Å². The van der Waals surface area contributed by atoms with E-state index in [4.69, 9.17) is 0 Å². The van der Waals surface area contributed by atoms with Crippen LogP contribution in [-0.4, -0.2) is 73.0 Å². The SMILES string of the molecule is CCn1nc(C)c(S(=O)(=O)N2CCN(c3cc(N(C)C)cnn3)CC2)c1C. The lowest BCUT2D eigenvalue weighted by Gasteiger charge is -2.34. The summed E-state index contributed by atoms with van der Waals surface area (Å²) in [5.41, 5.74) is 2.22. The second-order valence-corrected chi connectivity index (χ2v) is 8.75. The van der Waals surface area contributed by atoms with Gasteiger partial charge in [0.25, 0.3) is 0 Å². The van der Waals surface area contributed by atoms with Crippen LogP contribution in [0.25, 0.3) is 0 Å². The first kappa shape index (κ1) is 19.6. The Morgan fingerprint density at radius 2 is 1.81 bits per heavy atom. The van der Waals surface area contributed by atoms with Gasteiger partial charge in [-0.1, -0.05) is 0 Å². The van der Waals surface area contributed by atoms with E-state index < -0.39 is 10.0 Å². The molecule has 148 valence electrons. The second kappa shape index (κ2) is 7.43. The van der Waals surface area contributed by atoms with E-state index in [1.807, 2.05) is 38.9 Å². The van der Waals surface area contributed by atoms with Crippen LogP contribution in [0, 0.1) is 13.8 Å². The van der Waals surface area contributed by atoms with Crippen molar-refractivity contribution in [3.05, 3.63) is 23.7 Å². The molecular formula is C17H27N7O2S. The summed E-state index contributed by atoms with van der Waals surface area (Å²) in [7, 11) is 0.341. The average molecular weight is 394 g/mol. The molecule has 1 aliphatic heterocycles. The first-order valence-corrected chi connectivity index (χ1v) is 10.5. The topological polar surface area (TPSA) is 87.5 Å². The molecule has 2 aromatic heterocycles. The largest absolute Gasteiger partial charge is 0.376 e. The Hall–Kier alpha value is -2.20. The van der Waals surface area contributed by atoms with E-state index >= 15 is 0 Å². The van der Waals surface area contributed by atoms with Crippen molar-refractivity contribution in [1.82, 2.24) is 24.3 Å². The van der Waals surface area contributed by atoms with E-state index in [9.17, 15) is 8.42 Å². The number of rotatable bonds is 5. The van der Waals surface area contributed by atoms with E-state index in [-0.39, 0.29) is 0 Å². The zero-order chi connectivity index (χ0) is 19.8. The van der Waals surface area contributed by atoms with Crippen LogP contribution >= 0.6 is 0 Å². The highest BCUT2D eigenvalue weighted by molar-refractivity contribution is 7.89. The third kappa shape index (κ3) is 3.63. The molecule has 0 bridgehead atoms. The Balaban J connectivity index is 1.77. The number of hydrogen-bond acceptors (Lipinski definition) is 7. The molecule has 0 atom stereocenters. The predicted octanol–water partition coefficient (Wildman–Crippen LogP) is 0.887. The fourth-order valence-electron chi connectivity index (χ4n) is 3.39. The van der Waals surface area contributed by atoms with Crippen molar-refractivity contribution in [3.8, 4) is 0 Å². The summed E-state index contributed by atoms with van der Waals surface area (Å²) in [4.78, 5) is 4.38. The lowest BCUT2D eigenvalue weighted by Crippen LogP contribution is -2.49. The fraction of sp³-hybridized carbons (Fsp3) is 0.588. The zero-order valence-corrected chi connectivity index (χ0v) is 17.4. The van der Waals surface area contributed by atoms with Crippen molar-refractivity contribution in [2.45, 2.75) is 32.2 Å². The van der Waals surface area contributed by atoms with E-state index in [0.717, 1.165) is 11.5 Å². The number of hydrogen-bond donors (Lipinski definition) is 0. The summed E-state index contributed by atoms with van der Waals surface area (Å²) < 4.78 is 29.6. The van der Waals surface area contributed by atoms with Gasteiger partial charge in [0, 0.05) is 52.9 Å². The molecule has 0 saturated carbocycles. The van der Waals surface area contributed by atoms with Gasteiger partial charge < -0.3 is 9.80 Å². The lowest BCUT2D eigenvalue weighted by molar-refractivity contribution is 0.383. The molecule has 1 saturated heterocycles. The molecule has 3 rings (SSSR count). The van der Waals surface area contributed by atoms with Crippen LogP contribution in [0.1, 0.15) is 18.3 Å². The number of piperazine rings is 1. The molecule has 0 radical (unpaired) electrons. The standard InChI is InChI=1S/C17H27N7O2S/c1-6-24-14(3)17(13(2)20-24)27(25,26)23-9-7-22(8-10-23)16-11-15(21(4)5)12-18-19-16/h11-12H,6-10H2,1-5H3. The van der Waals surface area contributed by atoms with Gasteiger partial charge in [0.05, 0.1) is 23.3 Å². The molecule has 0 aromatic carbocycles. The molecular weight excluding hydrogens is 366 g/mol. The summed E-state index contributed by atoms with van der Waals surface area (Å²) in [5, 5.41) is 12.6. The van der Waals surface area contributed by atoms with Gasteiger partial charge in [0.2, 0.25) is 10.0 Å². The van der Waals surface area contributed by atoms with Crippen molar-refractivity contribution in [2.24, 2.45) is 0 Å². The van der Waals surface area contributed by atoms with Gasteiger partial charge in [-0.05, 0) is 20.8 Å². The Bertz CT molecular complexity index is 915. The summed E-state index contributed by atoms with van der Waals surface area (Å²) in [6.07, 6.45) is 1.71. The Kier molecular flexibility index (Phi) is 5.38. The van der Waals surface area contributed by atoms with E-state index in [1.54, 1.807) is 22.1 Å². The molecule has 0 aliphatic carbocycles. The van der Waals surface area contributed by atoms with Crippen LogP contribution in [0.2, 0.25) is 0 Å². The normalized spacial score (nSPS) is 16.0. The third-order valence-corrected chi connectivity index (χ3v) is 7.07. The van der Waals surface area contributed by atoms with Crippen molar-refractivity contribution >= 4 is 21.5 Å². The van der Waals surface area contributed by atoms with Crippen LogP contribution in [0.4, 0.5) is 11.5 Å². The van der Waals surface area contributed by atoms with E-state index in [1.165, 1.54) is 0 Å². The molecule has 0 amide bonds. The van der Waals surface area contributed by atoms with Crippen molar-refractivity contribution in [1.29, 1.82) is 0 Å². The average Bonchev–Trinajstić information content (AvgIpc) is 2.96. The van der Waals surface area contributed by atoms with Gasteiger partial charge in [-0.2, -0.15) is 14.5 Å². The number of sulfonamides is 1. The van der Waals surface area contributed by atoms with Crippen LogP contribution in [0.3, 0.4) is 0 Å². The molecule has 0 N–H and O–H groups in total. The zero-order valence-electron chi connectivity index (χ0n) is 16.5. The molecule has 1 aliphatic rings. The monoisotopic (exact) mass is 393 g/mol. The van der Waals surface area contributed by atoms with Gasteiger partial charge in [0.15, 0.2) is 5.82 Å². The number of anilines is 2. The van der Waals surface area contributed by atoms with E-state index in [2.05, 4.69) is 20.2 Å². The smallest absolute Gasteiger partial charge is 0.246 e. The quantitative estimate of drug-likeness (QED) is 0.745. The van der Waals surface area contributed by atoms with Crippen LogP contribution < -0.4 is 9.80 Å². The maximum atomic E-state index is 13.2. The third-order valence-electron chi connectivity index (χ3n) is 4.92. The highest BCUT2D eigenvalue weighted by Crippen LogP contribution is 2.26. The Labute approximate surface area is 160 Å². The summed E-state index contributed by atoms with van der Waals surface area (Å²) in [5.74, 6) is 0.768. The van der Waals surface area contributed by atoms with Crippen molar-refractivity contribution in [2.75, 3.05) is 50.1 Å². The minimum absolute atomic E-state index is 0.340. The van der Waals surface area contributed by atoms with Crippen LogP contribution in [-0.2, 0) is 16.6 Å². The first-order chi connectivity index (χ1) is 12.8. The number of nitrogens with zero attached hydrogens (tertiary/aromatic N) is 7. The molecule has 0 unspecified atom stereocenters. The maximum absolute atomic E-state index is 13.2. The summed E-state index contributed by atoms with van der Waals surface area (Å²) in [6, 6.07) is 1.97. The van der Waals surface area contributed by atoms with Gasteiger partial charge in [-0.15, -0.1) is 5.10 Å². The lowest BCUT2D eigenvalue weighted by atomic mass is 10.3. The molecule has 2 aromatic rings. The number of aryl methyl sites for hydroxylation is 2. The highest BCUT2D eigenvalue weighted by Gasteiger charge is 2.33. The fourth-order valence-corrected chi connectivity index (χ4v) is 5.19. The van der Waals surface area contributed by atoms with Crippen LogP contribution in [0.15, 0.2) is 17.2 Å². The maximum Gasteiger partial charge on any atom is 0.246 e. The van der Waals surface area contributed by atoms with Crippen molar-refractivity contribution < 1.29 is 8.42 Å². The highest BCUT2D eigenvalue weighted by atomic mass is 32.2. The van der Waals surface area contributed by atoms with Crippen molar-refractivity contribution in [3.63, 3.8) is 0 Å². The molecule has 9 nitrogen and oxygen atoms in total. The second-order valence-electron chi connectivity index (χ2n) is 6.87. The first-order valence-electron chi connectivity index (χ1n) is 9.04. The predicted molar refractivity (Wildman–Crippen MR) is 105 cm³/mol. The summed E-state index contributed by atoms with van der Waals surface area (Å²) in [6.45, 7) is 8.14. The van der Waals surface area contributed by atoms with E-state index in [0.29, 0.717) is 49.0 Å². The minimum atomic E-state index is -3.56. The van der Waals surface area contributed by atoms with Gasteiger partial charge >= 0.3 is 0 Å². The van der Waals surface area contributed by atoms with Gasteiger partial charge in [-0.3, -0.25) is 4.68 Å².